The third-order valence-corrected chi connectivity index (χ3v) is 12.7. The SMILES string of the molecule is Cn1nc(NS(C)(=O)=O)c2c(Cl)ccc(-n3c([C@H](Cc4cc(F)cc(F)c4)NC(=O)Cn4nc(C(F)F)c5c4C(F)(F)C4CC54)nc4cc(-c5cccc(C(C)(C)C)c5)ccc4c3=O)c21. The van der Waals surface area contributed by atoms with E-state index in [1.165, 1.54) is 23.9 Å². The van der Waals surface area contributed by atoms with Gasteiger partial charge in [0.25, 0.3) is 17.9 Å². The predicted molar refractivity (Wildman–Crippen MR) is 232 cm³/mol. The number of carbonyl (C=O) groups excluding carboxylic acids is 1. The fourth-order valence-corrected chi connectivity index (χ4v) is 9.66. The number of nitrogens with one attached hydrogen (secondary N) is 2. The number of carbonyl (C=O) groups is 1. The van der Waals surface area contributed by atoms with Crippen LogP contribution in [0.15, 0.2) is 77.6 Å². The zero-order chi connectivity index (χ0) is 46.7. The van der Waals surface area contributed by atoms with Crippen LogP contribution in [0.5, 0.6) is 0 Å². The first kappa shape index (κ1) is 44.0. The van der Waals surface area contributed by atoms with Crippen LogP contribution in [0.3, 0.4) is 0 Å². The molecule has 2 aliphatic rings. The lowest BCUT2D eigenvalue weighted by Crippen LogP contribution is -2.38. The second kappa shape index (κ2) is 15.5. The quantitative estimate of drug-likeness (QED) is 0.123. The summed E-state index contributed by atoms with van der Waals surface area (Å²) in [5, 5.41) is 11.0. The summed E-state index contributed by atoms with van der Waals surface area (Å²) in [6.45, 7) is 5.20. The molecule has 3 heterocycles. The largest absolute Gasteiger partial charge is 0.344 e. The Kier molecular flexibility index (Phi) is 10.5. The lowest BCUT2D eigenvalue weighted by Gasteiger charge is -2.24. The summed E-state index contributed by atoms with van der Waals surface area (Å²) < 4.78 is 119. The maximum atomic E-state index is 15.6. The molecule has 2 aliphatic carbocycles. The molecule has 0 bridgehead atoms. The molecule has 2 N–H and O–H groups in total. The summed E-state index contributed by atoms with van der Waals surface area (Å²) in [4.78, 5) is 34.3. The van der Waals surface area contributed by atoms with Crippen LogP contribution in [0.1, 0.15) is 79.5 Å². The van der Waals surface area contributed by atoms with Crippen LogP contribution < -0.4 is 15.6 Å². The van der Waals surface area contributed by atoms with E-state index in [0.717, 1.165) is 34.1 Å². The molecule has 2 unspecified atom stereocenters. The fraction of sp³-hybridized carbons (Fsp3) is 0.311. The van der Waals surface area contributed by atoms with Gasteiger partial charge in [0, 0.05) is 31.0 Å². The Labute approximate surface area is 372 Å². The van der Waals surface area contributed by atoms with Gasteiger partial charge in [0.2, 0.25) is 15.9 Å². The molecule has 12 nitrogen and oxygen atoms in total. The Morgan fingerprint density at radius 1 is 0.985 bits per heavy atom. The first-order valence-corrected chi connectivity index (χ1v) is 22.6. The standard InChI is InChI=1S/C45H39ClF6N8O4S/c1-44(2,3)24-8-6-7-22(16-24)23-9-10-27-31(17-23)54-42(60(43(27)62)33-12-11-30(46)36-38(33)58(4)56-41(36)57-65(5,63)64)32(15-21-13-25(47)18-26(48)14-21)53-34(61)20-59-39-35(37(55-59)40(49)50)28-19-29(28)45(39,51)52/h6-14,16-18,28-29,32,40H,15,19-20H2,1-5H3,(H,53,61)(H,56,57)/t28?,29?,32-/m0/s1. The summed E-state index contributed by atoms with van der Waals surface area (Å²) in [5.74, 6) is -8.95. The van der Waals surface area contributed by atoms with E-state index < -0.39 is 87.7 Å². The van der Waals surface area contributed by atoms with Crippen molar-refractivity contribution in [1.29, 1.82) is 0 Å². The van der Waals surface area contributed by atoms with Crippen molar-refractivity contribution >= 4 is 55.2 Å². The number of benzene rings is 4. The summed E-state index contributed by atoms with van der Waals surface area (Å²) in [7, 11) is -2.44. The fourth-order valence-electron chi connectivity index (χ4n) is 8.92. The van der Waals surface area contributed by atoms with E-state index in [1.54, 1.807) is 18.2 Å². The number of nitrogens with zero attached hydrogens (tertiary/aromatic N) is 6. The highest BCUT2D eigenvalue weighted by atomic mass is 35.5. The van der Waals surface area contributed by atoms with Gasteiger partial charge in [0.05, 0.1) is 44.8 Å². The molecule has 1 saturated carbocycles. The van der Waals surface area contributed by atoms with Gasteiger partial charge in [-0.25, -0.2) is 31.0 Å². The zero-order valence-corrected chi connectivity index (χ0v) is 36.8. The van der Waals surface area contributed by atoms with Gasteiger partial charge < -0.3 is 5.32 Å². The number of aryl methyl sites for hydroxylation is 1. The van der Waals surface area contributed by atoms with E-state index in [-0.39, 0.29) is 67.1 Å². The van der Waals surface area contributed by atoms with Gasteiger partial charge in [0.1, 0.15) is 35.4 Å². The summed E-state index contributed by atoms with van der Waals surface area (Å²) in [6.07, 6.45) is -2.74. The molecule has 9 rings (SSSR count). The highest BCUT2D eigenvalue weighted by Crippen LogP contribution is 2.68. The van der Waals surface area contributed by atoms with Gasteiger partial charge in [-0.1, -0.05) is 62.7 Å². The van der Waals surface area contributed by atoms with E-state index in [9.17, 15) is 30.8 Å². The first-order valence-electron chi connectivity index (χ1n) is 20.3. The van der Waals surface area contributed by atoms with E-state index in [4.69, 9.17) is 16.6 Å². The number of anilines is 1. The molecular formula is C45H39ClF6N8O4S. The second-order valence-electron chi connectivity index (χ2n) is 17.6. The van der Waals surface area contributed by atoms with Crippen LogP contribution in [-0.4, -0.2) is 49.7 Å². The van der Waals surface area contributed by atoms with Crippen molar-refractivity contribution in [2.24, 2.45) is 13.0 Å². The highest BCUT2D eigenvalue weighted by molar-refractivity contribution is 7.92. The molecule has 0 radical (unpaired) electrons. The Hall–Kier alpha value is -6.21. The third-order valence-electron chi connectivity index (χ3n) is 11.9. The predicted octanol–water partition coefficient (Wildman–Crippen LogP) is 8.98. The molecule has 65 heavy (non-hydrogen) atoms. The molecule has 0 spiro atoms. The number of sulfonamides is 1. The summed E-state index contributed by atoms with van der Waals surface area (Å²) in [5.41, 5.74) is -0.0933. The minimum atomic E-state index is -3.91. The van der Waals surface area contributed by atoms with Gasteiger partial charge >= 0.3 is 0 Å². The molecule has 1 amide bonds. The monoisotopic (exact) mass is 936 g/mol. The van der Waals surface area contributed by atoms with Crippen molar-refractivity contribution in [3.05, 3.63) is 134 Å². The Morgan fingerprint density at radius 2 is 1.69 bits per heavy atom. The molecule has 0 saturated heterocycles. The van der Waals surface area contributed by atoms with Crippen molar-refractivity contribution in [3.8, 4) is 16.8 Å². The topological polar surface area (TPSA) is 146 Å². The molecule has 1 fully saturated rings. The van der Waals surface area contributed by atoms with Crippen molar-refractivity contribution in [3.63, 3.8) is 0 Å². The summed E-state index contributed by atoms with van der Waals surface area (Å²) in [6, 6.07) is 16.7. The number of amides is 1. The number of alkyl halides is 4. The molecule has 4 aromatic carbocycles. The van der Waals surface area contributed by atoms with Gasteiger partial charge in [-0.2, -0.15) is 19.0 Å². The van der Waals surface area contributed by atoms with Crippen molar-refractivity contribution < 1.29 is 39.6 Å². The van der Waals surface area contributed by atoms with E-state index >= 15 is 13.6 Å². The Balaban J connectivity index is 1.26. The van der Waals surface area contributed by atoms with Crippen molar-refractivity contribution in [1.82, 2.24) is 34.4 Å². The van der Waals surface area contributed by atoms with Crippen LogP contribution in [0.25, 0.3) is 38.6 Å². The van der Waals surface area contributed by atoms with E-state index in [0.29, 0.717) is 16.3 Å². The van der Waals surface area contributed by atoms with Gasteiger partial charge in [-0.15, -0.1) is 0 Å². The molecule has 20 heteroatoms. The van der Waals surface area contributed by atoms with Crippen LogP contribution in [0, 0.1) is 17.6 Å². The second-order valence-corrected chi connectivity index (χ2v) is 19.7. The first-order chi connectivity index (χ1) is 30.5. The number of halogens is 7. The maximum Gasteiger partial charge on any atom is 0.293 e. The molecule has 3 atom stereocenters. The minimum absolute atomic E-state index is 0.000773. The summed E-state index contributed by atoms with van der Waals surface area (Å²) >= 11 is 6.66. The minimum Gasteiger partial charge on any atom is -0.344 e. The number of hydrogen-bond donors (Lipinski definition) is 2. The van der Waals surface area contributed by atoms with Crippen LogP contribution in [0.2, 0.25) is 5.02 Å². The van der Waals surface area contributed by atoms with E-state index in [1.807, 2.05) is 24.3 Å². The number of rotatable bonds is 11. The normalized spacial score (nSPS) is 17.1. The maximum absolute atomic E-state index is 15.6. The van der Waals surface area contributed by atoms with Crippen molar-refractivity contribution in [2.45, 2.75) is 69.9 Å². The molecule has 7 aromatic rings. The zero-order valence-electron chi connectivity index (χ0n) is 35.2. The Bertz CT molecular complexity index is 3290. The third kappa shape index (κ3) is 7.91. The van der Waals surface area contributed by atoms with Crippen molar-refractivity contribution in [2.75, 3.05) is 11.0 Å². The molecule has 3 aromatic heterocycles. The van der Waals surface area contributed by atoms with Gasteiger partial charge in [0.15, 0.2) is 5.82 Å². The molecular weight excluding hydrogens is 898 g/mol. The Morgan fingerprint density at radius 3 is 2.37 bits per heavy atom. The van der Waals surface area contributed by atoms with Crippen LogP contribution in [-0.2, 0) is 46.2 Å². The van der Waals surface area contributed by atoms with E-state index in [2.05, 4.69) is 41.0 Å². The van der Waals surface area contributed by atoms with Gasteiger partial charge in [-0.05, 0) is 76.4 Å². The molecule has 338 valence electrons. The van der Waals surface area contributed by atoms with Gasteiger partial charge in [-0.3, -0.25) is 28.2 Å². The van der Waals surface area contributed by atoms with Crippen LogP contribution >= 0.6 is 11.6 Å². The lowest BCUT2D eigenvalue weighted by atomic mass is 9.85. The average molecular weight is 937 g/mol. The average Bonchev–Trinajstić information content (AvgIpc) is 3.75. The number of hydrogen-bond acceptors (Lipinski definition) is 7. The smallest absolute Gasteiger partial charge is 0.293 e. The highest BCUT2D eigenvalue weighted by Gasteiger charge is 2.67. The van der Waals surface area contributed by atoms with Crippen LogP contribution in [0.4, 0.5) is 32.2 Å². The lowest BCUT2D eigenvalue weighted by molar-refractivity contribution is -0.123. The molecule has 0 aliphatic heterocycles. The number of fused-ring (bicyclic) bond motifs is 5. The number of aromatic nitrogens is 6.